The van der Waals surface area contributed by atoms with Crippen LogP contribution in [0.3, 0.4) is 0 Å². The van der Waals surface area contributed by atoms with Crippen LogP contribution in [0.25, 0.3) is 104 Å². The van der Waals surface area contributed by atoms with Gasteiger partial charge in [0, 0.05) is 27.1 Å². The molecular weight excluding hydrogens is 643 g/mol. The van der Waals surface area contributed by atoms with E-state index in [1.54, 1.807) is 0 Å². The molecule has 0 aliphatic heterocycles. The summed E-state index contributed by atoms with van der Waals surface area (Å²) in [5.74, 6) is 0.653. The summed E-state index contributed by atoms with van der Waals surface area (Å²) >= 11 is 0. The third kappa shape index (κ3) is 4.61. The van der Waals surface area contributed by atoms with Crippen molar-refractivity contribution in [2.45, 2.75) is 0 Å². The standard InChI is InChI=1S/C50H31N3/c1-3-15-32(16-4-1)34-29-35(33-17-5-2-6-18-33)31-36(30-34)49-42-23-11-13-25-44(42)51-50(52-49)53-45-26-14-12-24-43(45)48-46(53)28-27-41-39-21-8-7-19-37(39)38-20-9-10-22-40(38)47(41)48/h1-31H. The van der Waals surface area contributed by atoms with Gasteiger partial charge in [-0.2, -0.15) is 0 Å². The molecular formula is C50H31N3. The van der Waals surface area contributed by atoms with Gasteiger partial charge in [0.15, 0.2) is 0 Å². The summed E-state index contributed by atoms with van der Waals surface area (Å²) in [5.41, 5.74) is 9.65. The highest BCUT2D eigenvalue weighted by atomic mass is 15.2. The smallest absolute Gasteiger partial charge is 0.235 e. The number of aromatic nitrogens is 3. The van der Waals surface area contributed by atoms with Crippen molar-refractivity contribution in [2.75, 3.05) is 0 Å². The second kappa shape index (κ2) is 11.7. The Morgan fingerprint density at radius 1 is 0.302 bits per heavy atom. The average Bonchev–Trinajstić information content (AvgIpc) is 3.58. The molecule has 0 unspecified atom stereocenters. The van der Waals surface area contributed by atoms with Crippen LogP contribution in [-0.2, 0) is 0 Å². The van der Waals surface area contributed by atoms with Gasteiger partial charge in [-0.15, -0.1) is 0 Å². The maximum Gasteiger partial charge on any atom is 0.235 e. The molecule has 11 rings (SSSR count). The van der Waals surface area contributed by atoms with E-state index >= 15 is 0 Å². The minimum Gasteiger partial charge on any atom is -0.278 e. The quantitative estimate of drug-likeness (QED) is 0.174. The molecule has 0 aliphatic carbocycles. The maximum absolute atomic E-state index is 5.53. The second-order valence-electron chi connectivity index (χ2n) is 13.7. The topological polar surface area (TPSA) is 30.7 Å². The molecule has 2 aromatic heterocycles. The van der Waals surface area contributed by atoms with E-state index in [0.717, 1.165) is 44.3 Å². The average molecular weight is 674 g/mol. The van der Waals surface area contributed by atoms with Crippen molar-refractivity contribution >= 4 is 65.0 Å². The van der Waals surface area contributed by atoms with Crippen molar-refractivity contribution in [3.63, 3.8) is 0 Å². The lowest BCUT2D eigenvalue weighted by Crippen LogP contribution is -2.03. The lowest BCUT2D eigenvalue weighted by molar-refractivity contribution is 1.01. The van der Waals surface area contributed by atoms with Crippen LogP contribution in [0.2, 0.25) is 0 Å². The van der Waals surface area contributed by atoms with Crippen molar-refractivity contribution in [1.29, 1.82) is 0 Å². The minimum atomic E-state index is 0.653. The van der Waals surface area contributed by atoms with Crippen molar-refractivity contribution < 1.29 is 0 Å². The van der Waals surface area contributed by atoms with E-state index in [1.165, 1.54) is 54.2 Å². The van der Waals surface area contributed by atoms with Gasteiger partial charge < -0.3 is 0 Å². The van der Waals surface area contributed by atoms with Gasteiger partial charge in [0.05, 0.1) is 22.2 Å². The Kier molecular flexibility index (Phi) is 6.55. The van der Waals surface area contributed by atoms with Gasteiger partial charge in [0.2, 0.25) is 5.95 Å². The molecule has 0 spiro atoms. The van der Waals surface area contributed by atoms with Crippen LogP contribution in [0.1, 0.15) is 0 Å². The normalized spacial score (nSPS) is 11.8. The predicted molar refractivity (Wildman–Crippen MR) is 223 cm³/mol. The molecule has 0 N–H and O–H groups in total. The fourth-order valence-corrected chi connectivity index (χ4v) is 8.41. The first-order valence-electron chi connectivity index (χ1n) is 18.1. The Morgan fingerprint density at radius 3 is 1.45 bits per heavy atom. The summed E-state index contributed by atoms with van der Waals surface area (Å²) in [4.78, 5) is 10.8. The second-order valence-corrected chi connectivity index (χ2v) is 13.7. The molecule has 0 saturated heterocycles. The van der Waals surface area contributed by atoms with Gasteiger partial charge in [0.25, 0.3) is 0 Å². The number of rotatable bonds is 4. The SMILES string of the molecule is c1ccc(-c2cc(-c3ccccc3)cc(-c3nc(-n4c5ccccc5c5c6c7ccccc7c7ccccc7c6ccc54)nc4ccccc34)c2)cc1. The summed E-state index contributed by atoms with van der Waals surface area (Å²) in [5, 5.41) is 11.0. The van der Waals surface area contributed by atoms with Gasteiger partial charge in [0.1, 0.15) is 0 Å². The van der Waals surface area contributed by atoms with Crippen LogP contribution < -0.4 is 0 Å². The molecule has 0 bridgehead atoms. The zero-order valence-corrected chi connectivity index (χ0v) is 28.7. The molecule has 0 radical (unpaired) electrons. The Balaban J connectivity index is 1.24. The fraction of sp³-hybridized carbons (Fsp3) is 0. The molecule has 53 heavy (non-hydrogen) atoms. The lowest BCUT2D eigenvalue weighted by Gasteiger charge is -2.15. The van der Waals surface area contributed by atoms with Crippen molar-refractivity contribution in [3.8, 4) is 39.5 Å². The Hall–Kier alpha value is -7.10. The van der Waals surface area contributed by atoms with E-state index in [4.69, 9.17) is 9.97 Å². The van der Waals surface area contributed by atoms with Gasteiger partial charge in [-0.3, -0.25) is 4.57 Å². The summed E-state index contributed by atoms with van der Waals surface area (Å²) in [6.07, 6.45) is 0. The number of para-hydroxylation sites is 2. The van der Waals surface area contributed by atoms with Crippen molar-refractivity contribution in [1.82, 2.24) is 14.5 Å². The summed E-state index contributed by atoms with van der Waals surface area (Å²) in [6, 6.07) is 67.3. The van der Waals surface area contributed by atoms with Crippen molar-refractivity contribution in [3.05, 3.63) is 188 Å². The monoisotopic (exact) mass is 673 g/mol. The Labute approximate surface area is 306 Å². The largest absolute Gasteiger partial charge is 0.278 e. The Morgan fingerprint density at radius 2 is 0.792 bits per heavy atom. The zero-order valence-electron chi connectivity index (χ0n) is 28.7. The highest BCUT2D eigenvalue weighted by Crippen LogP contribution is 2.43. The third-order valence-corrected chi connectivity index (χ3v) is 10.8. The molecule has 0 amide bonds. The summed E-state index contributed by atoms with van der Waals surface area (Å²) < 4.78 is 2.27. The molecule has 11 aromatic rings. The highest BCUT2D eigenvalue weighted by Gasteiger charge is 2.21. The summed E-state index contributed by atoms with van der Waals surface area (Å²) in [6.45, 7) is 0. The number of fused-ring (bicyclic) bond motifs is 11. The molecule has 3 nitrogen and oxygen atoms in total. The highest BCUT2D eigenvalue weighted by molar-refractivity contribution is 6.35. The predicted octanol–water partition coefficient (Wildman–Crippen LogP) is 13.2. The van der Waals surface area contributed by atoms with Crippen LogP contribution in [-0.4, -0.2) is 14.5 Å². The van der Waals surface area contributed by atoms with Crippen LogP contribution in [0.5, 0.6) is 0 Å². The number of hydrogen-bond donors (Lipinski definition) is 0. The number of nitrogens with zero attached hydrogens (tertiary/aromatic N) is 3. The van der Waals surface area contributed by atoms with Crippen molar-refractivity contribution in [2.24, 2.45) is 0 Å². The van der Waals surface area contributed by atoms with Crippen LogP contribution in [0.15, 0.2) is 188 Å². The lowest BCUT2D eigenvalue weighted by atomic mass is 9.92. The zero-order chi connectivity index (χ0) is 34.9. The molecule has 0 atom stereocenters. The molecule has 0 saturated carbocycles. The van der Waals surface area contributed by atoms with E-state index in [2.05, 4.69) is 193 Å². The number of benzene rings is 9. The summed E-state index contributed by atoms with van der Waals surface area (Å²) in [7, 11) is 0. The van der Waals surface area contributed by atoms with E-state index in [1.807, 2.05) is 0 Å². The molecule has 2 heterocycles. The maximum atomic E-state index is 5.53. The van der Waals surface area contributed by atoms with Gasteiger partial charge in [-0.1, -0.05) is 152 Å². The molecule has 3 heteroatoms. The van der Waals surface area contributed by atoms with E-state index in [-0.39, 0.29) is 0 Å². The third-order valence-electron chi connectivity index (χ3n) is 10.8. The number of hydrogen-bond acceptors (Lipinski definition) is 2. The van der Waals surface area contributed by atoms with Gasteiger partial charge in [-0.25, -0.2) is 9.97 Å². The van der Waals surface area contributed by atoms with Crippen LogP contribution in [0, 0.1) is 0 Å². The van der Waals surface area contributed by atoms with Gasteiger partial charge in [-0.05, 0) is 85.6 Å². The molecule has 246 valence electrons. The molecule has 0 fully saturated rings. The van der Waals surface area contributed by atoms with E-state index in [9.17, 15) is 0 Å². The first-order valence-corrected chi connectivity index (χ1v) is 18.1. The fourth-order valence-electron chi connectivity index (χ4n) is 8.41. The van der Waals surface area contributed by atoms with Crippen LogP contribution in [0.4, 0.5) is 0 Å². The molecule has 9 aromatic carbocycles. The van der Waals surface area contributed by atoms with E-state index in [0.29, 0.717) is 5.95 Å². The molecule has 0 aliphatic rings. The minimum absolute atomic E-state index is 0.653. The van der Waals surface area contributed by atoms with E-state index < -0.39 is 0 Å². The van der Waals surface area contributed by atoms with Crippen LogP contribution >= 0.6 is 0 Å². The first-order chi connectivity index (χ1) is 26.3. The van der Waals surface area contributed by atoms with Gasteiger partial charge >= 0.3 is 0 Å². The first kappa shape index (κ1) is 29.6. The Bertz CT molecular complexity index is 3120.